The molecule has 3 N–H and O–H groups in total. The van der Waals surface area contributed by atoms with Crippen LogP contribution in [-0.4, -0.2) is 37.3 Å². The number of hydrogen-bond acceptors (Lipinski definition) is 8. The monoisotopic (exact) mass is 579 g/mol. The number of carbonyl (C=O) groups is 3. The Hall–Kier alpha value is -5.16. The van der Waals surface area contributed by atoms with Crippen LogP contribution in [0.5, 0.6) is 17.2 Å². The molecule has 3 aromatic carbocycles. The minimum absolute atomic E-state index is 0.236. The fourth-order valence-corrected chi connectivity index (χ4v) is 5.27. The number of imide groups is 1. The van der Waals surface area contributed by atoms with Gasteiger partial charge in [0.25, 0.3) is 11.1 Å². The third-order valence-corrected chi connectivity index (χ3v) is 7.53. The van der Waals surface area contributed by atoms with E-state index in [0.717, 1.165) is 28.4 Å². The standard InChI is InChI=1S/C31H25N5O5S/c1-18(40-22-8-4-19(5-9-22)15-27-30(38)36-31(39)42-27)28-34-25-13-12-24(16-26(25)35-28)41-23-10-6-21(7-11-23)33-29(37)20-3-2-14-32-17-20/h2-14,16-18,27H,15H2,1H3,(H,33,37)(H,34,35)(H,36,38,39). The number of hydrogen-bond donors (Lipinski definition) is 3. The lowest BCUT2D eigenvalue weighted by Crippen LogP contribution is -2.25. The molecule has 42 heavy (non-hydrogen) atoms. The number of ether oxygens (including phenoxy) is 2. The molecule has 2 unspecified atom stereocenters. The van der Waals surface area contributed by atoms with Crippen molar-refractivity contribution in [3.05, 3.63) is 108 Å². The molecule has 210 valence electrons. The molecule has 10 nitrogen and oxygen atoms in total. The molecule has 1 aliphatic heterocycles. The van der Waals surface area contributed by atoms with E-state index in [1.807, 2.05) is 49.4 Å². The van der Waals surface area contributed by atoms with Gasteiger partial charge in [-0.15, -0.1) is 0 Å². The summed E-state index contributed by atoms with van der Waals surface area (Å²) in [5.41, 5.74) is 3.64. The fourth-order valence-electron chi connectivity index (χ4n) is 4.41. The molecule has 1 saturated heterocycles. The summed E-state index contributed by atoms with van der Waals surface area (Å²) in [6, 6.07) is 23.6. The van der Waals surface area contributed by atoms with E-state index in [-0.39, 0.29) is 23.2 Å². The van der Waals surface area contributed by atoms with Crippen LogP contribution >= 0.6 is 11.8 Å². The van der Waals surface area contributed by atoms with Gasteiger partial charge in [0.2, 0.25) is 5.91 Å². The number of pyridine rings is 1. The van der Waals surface area contributed by atoms with Gasteiger partial charge in [-0.2, -0.15) is 0 Å². The number of aromatic nitrogens is 3. The highest BCUT2D eigenvalue weighted by Gasteiger charge is 2.31. The zero-order valence-corrected chi connectivity index (χ0v) is 23.2. The number of nitrogens with one attached hydrogen (secondary N) is 3. The van der Waals surface area contributed by atoms with Crippen LogP contribution in [0.15, 0.2) is 91.3 Å². The molecule has 6 rings (SSSR count). The molecule has 11 heteroatoms. The number of thioether (sulfide) groups is 1. The van der Waals surface area contributed by atoms with E-state index in [2.05, 4.69) is 25.6 Å². The Morgan fingerprint density at radius 2 is 1.76 bits per heavy atom. The highest BCUT2D eigenvalue weighted by atomic mass is 32.2. The topological polar surface area (TPSA) is 135 Å². The minimum atomic E-state index is -0.405. The summed E-state index contributed by atoms with van der Waals surface area (Å²) >= 11 is 1.02. The van der Waals surface area contributed by atoms with Gasteiger partial charge in [-0.3, -0.25) is 24.7 Å². The van der Waals surface area contributed by atoms with Gasteiger partial charge in [0, 0.05) is 24.1 Å². The van der Waals surface area contributed by atoms with Gasteiger partial charge in [-0.1, -0.05) is 23.9 Å². The fraction of sp³-hybridized carbons (Fsp3) is 0.129. The average molecular weight is 580 g/mol. The summed E-state index contributed by atoms with van der Waals surface area (Å²) in [5, 5.41) is 4.44. The van der Waals surface area contributed by atoms with Gasteiger partial charge >= 0.3 is 0 Å². The molecule has 1 fully saturated rings. The van der Waals surface area contributed by atoms with Gasteiger partial charge in [0.15, 0.2) is 6.10 Å². The van der Waals surface area contributed by atoms with Crippen LogP contribution in [0.4, 0.5) is 10.5 Å². The molecule has 0 saturated carbocycles. The summed E-state index contributed by atoms with van der Waals surface area (Å²) in [7, 11) is 0. The molecule has 3 heterocycles. The molecule has 3 amide bonds. The van der Waals surface area contributed by atoms with Crippen LogP contribution in [0.2, 0.25) is 0 Å². The maximum Gasteiger partial charge on any atom is 0.286 e. The Bertz CT molecular complexity index is 1760. The molecular weight excluding hydrogens is 554 g/mol. The van der Waals surface area contributed by atoms with E-state index in [0.29, 0.717) is 40.7 Å². The lowest BCUT2D eigenvalue weighted by molar-refractivity contribution is -0.118. The third kappa shape index (κ3) is 6.26. The van der Waals surface area contributed by atoms with Gasteiger partial charge in [-0.05, 0) is 79.6 Å². The molecular formula is C31H25N5O5S. The number of nitrogens with zero attached hydrogens (tertiary/aromatic N) is 2. The first-order valence-corrected chi connectivity index (χ1v) is 14.0. The predicted octanol–water partition coefficient (Wildman–Crippen LogP) is 6.04. The largest absolute Gasteiger partial charge is 0.483 e. The van der Waals surface area contributed by atoms with Gasteiger partial charge in [0.1, 0.15) is 23.1 Å². The van der Waals surface area contributed by atoms with E-state index in [1.165, 1.54) is 6.20 Å². The lowest BCUT2D eigenvalue weighted by Gasteiger charge is -2.13. The summed E-state index contributed by atoms with van der Waals surface area (Å²) < 4.78 is 12.1. The predicted molar refractivity (Wildman–Crippen MR) is 159 cm³/mol. The summed E-state index contributed by atoms with van der Waals surface area (Å²) in [6.07, 6.45) is 3.25. The first-order valence-electron chi connectivity index (χ1n) is 13.2. The van der Waals surface area contributed by atoms with Gasteiger partial charge in [-0.25, -0.2) is 4.98 Å². The SMILES string of the molecule is CC(Oc1ccc(CC2SC(=O)NC2=O)cc1)c1nc2ccc(Oc3ccc(NC(=O)c4cccnc4)cc3)cc2[nH]1. The molecule has 1 aliphatic rings. The highest BCUT2D eigenvalue weighted by molar-refractivity contribution is 8.15. The van der Waals surface area contributed by atoms with E-state index >= 15 is 0 Å². The van der Waals surface area contributed by atoms with Crippen molar-refractivity contribution in [2.24, 2.45) is 0 Å². The minimum Gasteiger partial charge on any atom is -0.483 e. The Balaban J connectivity index is 1.06. The van der Waals surface area contributed by atoms with Crippen LogP contribution in [0.25, 0.3) is 11.0 Å². The van der Waals surface area contributed by atoms with Crippen LogP contribution in [0, 0.1) is 0 Å². The number of carbonyl (C=O) groups excluding carboxylic acids is 3. The number of imidazole rings is 1. The molecule has 2 atom stereocenters. The zero-order valence-electron chi connectivity index (χ0n) is 22.4. The number of anilines is 1. The highest BCUT2D eigenvalue weighted by Crippen LogP contribution is 2.29. The molecule has 5 aromatic rings. The first kappa shape index (κ1) is 27.0. The van der Waals surface area contributed by atoms with Crippen LogP contribution in [0.1, 0.15) is 34.8 Å². The van der Waals surface area contributed by atoms with Crippen LogP contribution in [0.3, 0.4) is 0 Å². The number of rotatable bonds is 9. The third-order valence-electron chi connectivity index (χ3n) is 6.55. The van der Waals surface area contributed by atoms with Crippen molar-refractivity contribution in [1.82, 2.24) is 20.3 Å². The molecule has 2 aromatic heterocycles. The van der Waals surface area contributed by atoms with Gasteiger partial charge in [0.05, 0.1) is 21.8 Å². The Morgan fingerprint density at radius 1 is 1.00 bits per heavy atom. The second kappa shape index (κ2) is 11.8. The van der Waals surface area contributed by atoms with Crippen molar-refractivity contribution in [3.63, 3.8) is 0 Å². The second-order valence-electron chi connectivity index (χ2n) is 9.61. The maximum absolute atomic E-state index is 12.3. The Labute approximate surface area is 244 Å². The van der Waals surface area contributed by atoms with E-state index < -0.39 is 5.25 Å². The molecule has 0 aliphatic carbocycles. The summed E-state index contributed by atoms with van der Waals surface area (Å²) in [6.45, 7) is 1.91. The molecule has 0 bridgehead atoms. The van der Waals surface area contributed by atoms with Crippen molar-refractivity contribution < 1.29 is 23.9 Å². The van der Waals surface area contributed by atoms with E-state index in [9.17, 15) is 14.4 Å². The van der Waals surface area contributed by atoms with Crippen molar-refractivity contribution in [3.8, 4) is 17.2 Å². The number of benzene rings is 3. The number of fused-ring (bicyclic) bond motifs is 1. The summed E-state index contributed by atoms with van der Waals surface area (Å²) in [5.74, 6) is 2.09. The van der Waals surface area contributed by atoms with Crippen molar-refractivity contribution in [2.75, 3.05) is 5.32 Å². The van der Waals surface area contributed by atoms with E-state index in [4.69, 9.17) is 9.47 Å². The normalized spacial score (nSPS) is 15.3. The van der Waals surface area contributed by atoms with Crippen LogP contribution in [-0.2, 0) is 11.2 Å². The number of amides is 3. The van der Waals surface area contributed by atoms with Crippen LogP contribution < -0.4 is 20.1 Å². The molecule has 0 spiro atoms. The zero-order chi connectivity index (χ0) is 29.1. The van der Waals surface area contributed by atoms with Gasteiger partial charge < -0.3 is 19.8 Å². The maximum atomic E-state index is 12.3. The smallest absolute Gasteiger partial charge is 0.286 e. The Kier molecular flexibility index (Phi) is 7.56. The lowest BCUT2D eigenvalue weighted by atomic mass is 10.1. The number of aromatic amines is 1. The van der Waals surface area contributed by atoms with E-state index in [1.54, 1.807) is 42.6 Å². The quantitative estimate of drug-likeness (QED) is 0.192. The first-order chi connectivity index (χ1) is 20.4. The van der Waals surface area contributed by atoms with Crippen molar-refractivity contribution in [1.29, 1.82) is 0 Å². The van der Waals surface area contributed by atoms with Crippen molar-refractivity contribution in [2.45, 2.75) is 24.7 Å². The number of H-pyrrole nitrogens is 1. The molecule has 0 radical (unpaired) electrons. The Morgan fingerprint density at radius 3 is 2.48 bits per heavy atom. The average Bonchev–Trinajstić information content (AvgIpc) is 3.57. The second-order valence-corrected chi connectivity index (χ2v) is 10.8. The summed E-state index contributed by atoms with van der Waals surface area (Å²) in [4.78, 5) is 47.5. The van der Waals surface area contributed by atoms with Crippen molar-refractivity contribution >= 4 is 45.5 Å².